The van der Waals surface area contributed by atoms with Crippen molar-refractivity contribution in [3.8, 4) is 11.5 Å². The Labute approximate surface area is 140 Å². The van der Waals surface area contributed by atoms with Crippen molar-refractivity contribution < 1.29 is 19.1 Å². The lowest BCUT2D eigenvalue weighted by molar-refractivity contribution is 0.00691. The van der Waals surface area contributed by atoms with E-state index in [2.05, 4.69) is 0 Å². The average molecular weight is 333 g/mol. The van der Waals surface area contributed by atoms with Crippen LogP contribution in [-0.2, 0) is 4.74 Å². The summed E-state index contributed by atoms with van der Waals surface area (Å²) in [6, 6.07) is 11.3. The van der Waals surface area contributed by atoms with Gasteiger partial charge >= 0.3 is 5.97 Å². The van der Waals surface area contributed by atoms with E-state index in [9.17, 15) is 9.59 Å². The van der Waals surface area contributed by atoms with Gasteiger partial charge in [0, 0.05) is 11.1 Å². The Kier molecular flexibility index (Phi) is 5.06. The molecule has 2 rings (SSSR count). The van der Waals surface area contributed by atoms with Crippen molar-refractivity contribution in [1.82, 2.24) is 0 Å². The molecule has 0 N–H and O–H groups in total. The summed E-state index contributed by atoms with van der Waals surface area (Å²) < 4.78 is 11.0. The summed E-state index contributed by atoms with van der Waals surface area (Å²) in [7, 11) is 0. The van der Waals surface area contributed by atoms with Gasteiger partial charge in [0.2, 0.25) is 0 Å². The van der Waals surface area contributed by atoms with Crippen molar-refractivity contribution in [2.45, 2.75) is 26.4 Å². The van der Waals surface area contributed by atoms with Crippen LogP contribution in [0.15, 0.2) is 42.5 Å². The number of hydrogen-bond donors (Lipinski definition) is 0. The minimum absolute atomic E-state index is 0.328. The Balaban J connectivity index is 2.26. The van der Waals surface area contributed by atoms with Crippen molar-refractivity contribution in [3.63, 3.8) is 0 Å². The Hall–Kier alpha value is -2.33. The fraction of sp³-hybridized carbons (Fsp3) is 0.222. The maximum Gasteiger partial charge on any atom is 0.338 e. The third kappa shape index (κ3) is 4.83. The normalized spacial score (nSPS) is 11.0. The zero-order valence-electron chi connectivity index (χ0n) is 13.1. The first-order valence-corrected chi connectivity index (χ1v) is 7.42. The molecular weight excluding hydrogens is 316 g/mol. The molecule has 0 spiro atoms. The predicted molar refractivity (Wildman–Crippen MR) is 88.5 cm³/mol. The van der Waals surface area contributed by atoms with Gasteiger partial charge in [-0.15, -0.1) is 0 Å². The summed E-state index contributed by atoms with van der Waals surface area (Å²) in [6.07, 6.45) is 0.684. The maximum absolute atomic E-state index is 12.1. The second-order valence-electron chi connectivity index (χ2n) is 5.93. The van der Waals surface area contributed by atoms with E-state index in [0.29, 0.717) is 33.9 Å². The van der Waals surface area contributed by atoms with Gasteiger partial charge in [0.15, 0.2) is 6.29 Å². The molecule has 0 heterocycles. The fourth-order valence-corrected chi connectivity index (χ4v) is 2.01. The standard InChI is InChI=1S/C18H17ClO4/c1-18(2,3)23-17(21)12-5-4-6-15(9-12)22-16-10-14(19)8-7-13(16)11-20/h4-11H,1-3H3. The first kappa shape index (κ1) is 17.0. The highest BCUT2D eigenvalue weighted by Crippen LogP contribution is 2.28. The summed E-state index contributed by atoms with van der Waals surface area (Å²) in [5.74, 6) is 0.303. The fourth-order valence-electron chi connectivity index (χ4n) is 1.84. The SMILES string of the molecule is CC(C)(C)OC(=O)c1cccc(Oc2cc(Cl)ccc2C=O)c1. The summed E-state index contributed by atoms with van der Waals surface area (Å²) in [5, 5.41) is 0.453. The van der Waals surface area contributed by atoms with Crippen LogP contribution in [0.25, 0.3) is 0 Å². The van der Waals surface area contributed by atoms with E-state index in [4.69, 9.17) is 21.1 Å². The number of ether oxygens (including phenoxy) is 2. The number of halogens is 1. The van der Waals surface area contributed by atoms with E-state index in [-0.39, 0.29) is 0 Å². The van der Waals surface area contributed by atoms with Crippen molar-refractivity contribution in [2.24, 2.45) is 0 Å². The highest BCUT2D eigenvalue weighted by atomic mass is 35.5. The molecule has 0 saturated carbocycles. The van der Waals surface area contributed by atoms with Crippen molar-refractivity contribution in [3.05, 3.63) is 58.6 Å². The van der Waals surface area contributed by atoms with Crippen LogP contribution in [0.1, 0.15) is 41.5 Å². The van der Waals surface area contributed by atoms with Gasteiger partial charge in [0.05, 0.1) is 11.1 Å². The minimum atomic E-state index is -0.578. The molecule has 23 heavy (non-hydrogen) atoms. The molecule has 0 bridgehead atoms. The number of esters is 1. The Morgan fingerprint density at radius 2 is 1.87 bits per heavy atom. The summed E-state index contributed by atoms with van der Waals surface area (Å²) >= 11 is 5.92. The lowest BCUT2D eigenvalue weighted by atomic mass is 10.1. The van der Waals surface area contributed by atoms with Gasteiger partial charge in [0.1, 0.15) is 17.1 Å². The zero-order valence-corrected chi connectivity index (χ0v) is 13.9. The number of carbonyl (C=O) groups excluding carboxylic acids is 2. The van der Waals surface area contributed by atoms with Crippen LogP contribution in [0.5, 0.6) is 11.5 Å². The molecule has 5 heteroatoms. The second kappa shape index (κ2) is 6.84. The molecule has 0 atom stereocenters. The molecule has 0 aromatic heterocycles. The van der Waals surface area contributed by atoms with Gasteiger partial charge in [-0.05, 0) is 51.1 Å². The first-order valence-electron chi connectivity index (χ1n) is 7.04. The Bertz CT molecular complexity index is 732. The van der Waals surface area contributed by atoms with Gasteiger partial charge in [-0.25, -0.2) is 4.79 Å². The smallest absolute Gasteiger partial charge is 0.338 e. The second-order valence-corrected chi connectivity index (χ2v) is 6.37. The van der Waals surface area contributed by atoms with E-state index in [1.807, 2.05) is 0 Å². The van der Waals surface area contributed by atoms with Crippen LogP contribution in [-0.4, -0.2) is 17.9 Å². The van der Waals surface area contributed by atoms with Gasteiger partial charge in [0.25, 0.3) is 0 Å². The highest BCUT2D eigenvalue weighted by molar-refractivity contribution is 6.30. The van der Waals surface area contributed by atoms with Crippen LogP contribution < -0.4 is 4.74 Å². The van der Waals surface area contributed by atoms with E-state index >= 15 is 0 Å². The van der Waals surface area contributed by atoms with Crippen molar-refractivity contribution in [2.75, 3.05) is 0 Å². The van der Waals surface area contributed by atoms with Gasteiger partial charge in [-0.2, -0.15) is 0 Å². The molecule has 4 nitrogen and oxygen atoms in total. The maximum atomic E-state index is 12.1. The molecule has 2 aromatic carbocycles. The summed E-state index contributed by atoms with van der Waals surface area (Å²) in [5.41, 5.74) is 0.162. The van der Waals surface area contributed by atoms with Gasteiger partial charge in [-0.3, -0.25) is 4.79 Å². The molecule has 0 amide bonds. The summed E-state index contributed by atoms with van der Waals surface area (Å²) in [4.78, 5) is 23.2. The van der Waals surface area contributed by atoms with E-state index in [0.717, 1.165) is 0 Å². The topological polar surface area (TPSA) is 52.6 Å². The van der Waals surface area contributed by atoms with E-state index in [1.54, 1.807) is 63.2 Å². The largest absolute Gasteiger partial charge is 0.457 e. The quantitative estimate of drug-likeness (QED) is 0.590. The highest BCUT2D eigenvalue weighted by Gasteiger charge is 2.18. The summed E-state index contributed by atoms with van der Waals surface area (Å²) in [6.45, 7) is 5.40. The van der Waals surface area contributed by atoms with Crippen LogP contribution in [0.4, 0.5) is 0 Å². The third-order valence-electron chi connectivity index (χ3n) is 2.80. The van der Waals surface area contributed by atoms with Gasteiger partial charge in [-0.1, -0.05) is 17.7 Å². The van der Waals surface area contributed by atoms with E-state index in [1.165, 1.54) is 0 Å². The Morgan fingerprint density at radius 3 is 2.52 bits per heavy atom. The molecule has 0 radical (unpaired) electrons. The van der Waals surface area contributed by atoms with E-state index < -0.39 is 11.6 Å². The lowest BCUT2D eigenvalue weighted by Crippen LogP contribution is -2.23. The number of benzene rings is 2. The van der Waals surface area contributed by atoms with Crippen LogP contribution >= 0.6 is 11.6 Å². The molecule has 0 aliphatic carbocycles. The minimum Gasteiger partial charge on any atom is -0.457 e. The lowest BCUT2D eigenvalue weighted by Gasteiger charge is -2.19. The predicted octanol–water partition coefficient (Wildman–Crippen LogP) is 4.90. The molecule has 0 saturated heterocycles. The number of aldehydes is 1. The molecule has 120 valence electrons. The molecule has 0 fully saturated rings. The molecule has 2 aromatic rings. The first-order chi connectivity index (χ1) is 10.8. The molecule has 0 unspecified atom stereocenters. The molecular formula is C18H17ClO4. The van der Waals surface area contributed by atoms with Crippen LogP contribution in [0.2, 0.25) is 5.02 Å². The van der Waals surface area contributed by atoms with Crippen LogP contribution in [0, 0.1) is 0 Å². The molecule has 0 aliphatic heterocycles. The van der Waals surface area contributed by atoms with Gasteiger partial charge < -0.3 is 9.47 Å². The zero-order chi connectivity index (χ0) is 17.0. The number of hydrogen-bond acceptors (Lipinski definition) is 4. The van der Waals surface area contributed by atoms with Crippen molar-refractivity contribution in [1.29, 1.82) is 0 Å². The molecule has 0 aliphatic rings. The van der Waals surface area contributed by atoms with Crippen LogP contribution in [0.3, 0.4) is 0 Å². The monoisotopic (exact) mass is 332 g/mol. The average Bonchev–Trinajstić information content (AvgIpc) is 2.46. The third-order valence-corrected chi connectivity index (χ3v) is 3.03. The number of carbonyl (C=O) groups is 2. The number of rotatable bonds is 4. The Morgan fingerprint density at radius 1 is 1.13 bits per heavy atom. The van der Waals surface area contributed by atoms with Crippen molar-refractivity contribution >= 4 is 23.9 Å².